The maximum absolute atomic E-state index is 10.9. The Labute approximate surface area is 133 Å². The second-order valence-corrected chi connectivity index (χ2v) is 5.40. The van der Waals surface area contributed by atoms with Crippen LogP contribution in [-0.2, 0) is 6.42 Å². The fourth-order valence-corrected chi connectivity index (χ4v) is 2.51. The van der Waals surface area contributed by atoms with E-state index in [1.54, 1.807) is 23.9 Å². The van der Waals surface area contributed by atoms with Gasteiger partial charge in [0.2, 0.25) is 0 Å². The number of hydrogen-bond donors (Lipinski definition) is 0. The molecule has 0 atom stereocenters. The summed E-state index contributed by atoms with van der Waals surface area (Å²) in [6.07, 6.45) is 5.04. The van der Waals surface area contributed by atoms with Crippen molar-refractivity contribution >= 4 is 17.9 Å². The van der Waals surface area contributed by atoms with E-state index < -0.39 is 0 Å². The first-order chi connectivity index (χ1) is 10.7. The number of carbonyl (C=O) groups is 1. The van der Waals surface area contributed by atoms with Crippen molar-refractivity contribution in [3.8, 4) is 5.69 Å². The predicted octanol–water partition coefficient (Wildman–Crippen LogP) is 3.63. The van der Waals surface area contributed by atoms with Crippen LogP contribution in [0.2, 0.25) is 5.02 Å². The van der Waals surface area contributed by atoms with Crippen LogP contribution in [0.25, 0.3) is 5.69 Å². The van der Waals surface area contributed by atoms with E-state index in [9.17, 15) is 4.79 Å². The Morgan fingerprint density at radius 3 is 2.68 bits per heavy atom. The van der Waals surface area contributed by atoms with E-state index in [0.29, 0.717) is 22.8 Å². The molecule has 0 amide bonds. The zero-order chi connectivity index (χ0) is 15.5. The number of aryl methyl sites for hydroxylation is 1. The largest absolute Gasteiger partial charge is 0.296 e. The highest BCUT2D eigenvalue weighted by Gasteiger charge is 2.08. The van der Waals surface area contributed by atoms with Gasteiger partial charge in [0.25, 0.3) is 0 Å². The van der Waals surface area contributed by atoms with Crippen molar-refractivity contribution < 1.29 is 4.79 Å². The smallest absolute Gasteiger partial charge is 0.168 e. The van der Waals surface area contributed by atoms with Crippen LogP contribution in [0.1, 0.15) is 27.3 Å². The van der Waals surface area contributed by atoms with Crippen LogP contribution in [0, 0.1) is 6.92 Å². The molecule has 3 rings (SSSR count). The van der Waals surface area contributed by atoms with E-state index in [0.717, 1.165) is 23.1 Å². The highest BCUT2D eigenvalue weighted by atomic mass is 35.5. The molecule has 0 aliphatic carbocycles. The molecule has 5 heteroatoms. The number of halogens is 1. The van der Waals surface area contributed by atoms with E-state index in [2.05, 4.69) is 10.1 Å². The number of aromatic nitrogens is 3. The molecule has 3 aromatic rings. The van der Waals surface area contributed by atoms with Crippen molar-refractivity contribution in [3.05, 3.63) is 76.3 Å². The third kappa shape index (κ3) is 2.92. The van der Waals surface area contributed by atoms with Crippen molar-refractivity contribution in [2.45, 2.75) is 13.3 Å². The summed E-state index contributed by atoms with van der Waals surface area (Å²) in [6.45, 7) is 1.81. The molecule has 0 N–H and O–H groups in total. The van der Waals surface area contributed by atoms with Gasteiger partial charge in [-0.2, -0.15) is 5.10 Å². The summed E-state index contributed by atoms with van der Waals surface area (Å²) >= 11 is 6.29. The van der Waals surface area contributed by atoms with Gasteiger partial charge in [0, 0.05) is 12.4 Å². The lowest BCUT2D eigenvalue weighted by atomic mass is 10.0. The van der Waals surface area contributed by atoms with E-state index in [1.807, 2.05) is 36.5 Å². The summed E-state index contributed by atoms with van der Waals surface area (Å²) in [5.74, 6) is 0. The fourth-order valence-electron chi connectivity index (χ4n) is 2.35. The minimum absolute atomic E-state index is 0.407. The Balaban J connectivity index is 1.87. The lowest BCUT2D eigenvalue weighted by Gasteiger charge is -2.09. The Hall–Kier alpha value is -2.46. The van der Waals surface area contributed by atoms with E-state index in [-0.39, 0.29) is 0 Å². The van der Waals surface area contributed by atoms with Crippen LogP contribution < -0.4 is 0 Å². The van der Waals surface area contributed by atoms with Gasteiger partial charge in [-0.05, 0) is 48.7 Å². The van der Waals surface area contributed by atoms with Gasteiger partial charge in [-0.25, -0.2) is 9.67 Å². The van der Waals surface area contributed by atoms with Crippen LogP contribution in [0.15, 0.2) is 48.8 Å². The number of rotatable bonds is 4. The van der Waals surface area contributed by atoms with Crippen molar-refractivity contribution in [1.82, 2.24) is 14.8 Å². The minimum Gasteiger partial charge on any atom is -0.296 e. The number of benzene rings is 1. The maximum atomic E-state index is 10.9. The van der Waals surface area contributed by atoms with Gasteiger partial charge in [-0.3, -0.25) is 4.79 Å². The number of hydrogen-bond acceptors (Lipinski definition) is 3. The van der Waals surface area contributed by atoms with Gasteiger partial charge in [0.15, 0.2) is 6.29 Å². The molecular weight excluding hydrogens is 298 g/mol. The van der Waals surface area contributed by atoms with Crippen LogP contribution in [-0.4, -0.2) is 21.1 Å². The summed E-state index contributed by atoms with van der Waals surface area (Å²) in [6, 6.07) is 11.7. The van der Waals surface area contributed by atoms with Gasteiger partial charge in [0.05, 0.1) is 16.4 Å². The van der Waals surface area contributed by atoms with Crippen LogP contribution in [0.3, 0.4) is 0 Å². The standard InChI is InChI=1S/C17H14ClN3O/c1-12-17(18)14(10-15(11-22)20-12)9-13-3-5-16(6-4-13)21-8-2-7-19-21/h2-8,10-11H,9H2,1H3. The topological polar surface area (TPSA) is 47.8 Å². The molecule has 0 saturated carbocycles. The molecule has 0 fully saturated rings. The van der Waals surface area contributed by atoms with Gasteiger partial charge in [-0.1, -0.05) is 23.7 Å². The summed E-state index contributed by atoms with van der Waals surface area (Å²) < 4.78 is 1.80. The third-order valence-corrected chi connectivity index (χ3v) is 3.96. The predicted molar refractivity (Wildman–Crippen MR) is 85.7 cm³/mol. The number of nitrogens with zero attached hydrogens (tertiary/aromatic N) is 3. The van der Waals surface area contributed by atoms with Gasteiger partial charge >= 0.3 is 0 Å². The minimum atomic E-state index is 0.407. The van der Waals surface area contributed by atoms with Crippen LogP contribution in [0.4, 0.5) is 0 Å². The zero-order valence-corrected chi connectivity index (χ0v) is 12.8. The molecule has 0 saturated heterocycles. The Kier molecular flexibility index (Phi) is 4.02. The lowest BCUT2D eigenvalue weighted by molar-refractivity contribution is 0.111. The second kappa shape index (κ2) is 6.12. The molecule has 0 unspecified atom stereocenters. The molecule has 4 nitrogen and oxygen atoms in total. The van der Waals surface area contributed by atoms with E-state index in [4.69, 9.17) is 11.6 Å². The highest BCUT2D eigenvalue weighted by molar-refractivity contribution is 6.32. The summed E-state index contributed by atoms with van der Waals surface area (Å²) in [5, 5.41) is 4.81. The first kappa shape index (κ1) is 14.5. The molecule has 0 radical (unpaired) electrons. The Morgan fingerprint density at radius 2 is 2.05 bits per heavy atom. The normalized spacial score (nSPS) is 10.6. The summed E-state index contributed by atoms with van der Waals surface area (Å²) in [7, 11) is 0. The monoisotopic (exact) mass is 311 g/mol. The Bertz CT molecular complexity index is 796. The quantitative estimate of drug-likeness (QED) is 0.691. The van der Waals surface area contributed by atoms with E-state index >= 15 is 0 Å². The number of carbonyl (C=O) groups excluding carboxylic acids is 1. The molecule has 0 aliphatic rings. The number of aldehydes is 1. The molecular formula is C17H14ClN3O. The fraction of sp³-hybridized carbons (Fsp3) is 0.118. The highest BCUT2D eigenvalue weighted by Crippen LogP contribution is 2.23. The van der Waals surface area contributed by atoms with Crippen molar-refractivity contribution in [2.24, 2.45) is 0 Å². The first-order valence-corrected chi connectivity index (χ1v) is 7.25. The first-order valence-electron chi connectivity index (χ1n) is 6.87. The van der Waals surface area contributed by atoms with Crippen LogP contribution in [0.5, 0.6) is 0 Å². The molecule has 0 aliphatic heterocycles. The average Bonchev–Trinajstić information content (AvgIpc) is 3.06. The van der Waals surface area contributed by atoms with Gasteiger partial charge in [0.1, 0.15) is 5.69 Å². The summed E-state index contributed by atoms with van der Waals surface area (Å²) in [5.41, 5.74) is 4.10. The number of pyridine rings is 1. The maximum Gasteiger partial charge on any atom is 0.168 e. The third-order valence-electron chi connectivity index (χ3n) is 3.44. The molecule has 110 valence electrons. The van der Waals surface area contributed by atoms with Crippen molar-refractivity contribution in [1.29, 1.82) is 0 Å². The zero-order valence-electron chi connectivity index (χ0n) is 12.0. The molecule has 2 heterocycles. The Morgan fingerprint density at radius 1 is 1.27 bits per heavy atom. The SMILES string of the molecule is Cc1nc(C=O)cc(Cc2ccc(-n3cccn3)cc2)c1Cl. The summed E-state index contributed by atoms with van der Waals surface area (Å²) in [4.78, 5) is 15.1. The van der Waals surface area contributed by atoms with Crippen molar-refractivity contribution in [2.75, 3.05) is 0 Å². The second-order valence-electron chi connectivity index (χ2n) is 5.02. The molecule has 22 heavy (non-hydrogen) atoms. The van der Waals surface area contributed by atoms with Gasteiger partial charge in [-0.15, -0.1) is 0 Å². The molecule has 2 aromatic heterocycles. The molecule has 0 bridgehead atoms. The van der Waals surface area contributed by atoms with Gasteiger partial charge < -0.3 is 0 Å². The molecule has 1 aromatic carbocycles. The average molecular weight is 312 g/mol. The van der Waals surface area contributed by atoms with E-state index in [1.165, 1.54) is 0 Å². The lowest BCUT2D eigenvalue weighted by Crippen LogP contribution is -1.99. The van der Waals surface area contributed by atoms with Crippen LogP contribution >= 0.6 is 11.6 Å². The van der Waals surface area contributed by atoms with Crippen molar-refractivity contribution in [3.63, 3.8) is 0 Å². The molecule has 0 spiro atoms.